The van der Waals surface area contributed by atoms with Gasteiger partial charge in [0, 0.05) is 17.3 Å². The highest BCUT2D eigenvalue weighted by Gasteiger charge is 2.08. The normalized spacial score (nSPS) is 10.0. The molecule has 0 radical (unpaired) electrons. The van der Waals surface area contributed by atoms with Crippen LogP contribution in [0.2, 0.25) is 5.02 Å². The maximum atomic E-state index is 11.6. The number of halogens is 1. The summed E-state index contributed by atoms with van der Waals surface area (Å²) < 4.78 is 0. The lowest BCUT2D eigenvalue weighted by atomic mass is 10.1. The highest BCUT2D eigenvalue weighted by Crippen LogP contribution is 2.17. The van der Waals surface area contributed by atoms with Crippen molar-refractivity contribution in [1.82, 2.24) is 5.32 Å². The second kappa shape index (κ2) is 5.61. The Balaban J connectivity index is 2.65. The van der Waals surface area contributed by atoms with Gasteiger partial charge in [-0.05, 0) is 24.6 Å². The van der Waals surface area contributed by atoms with Gasteiger partial charge in [0.2, 0.25) is 0 Å². The summed E-state index contributed by atoms with van der Waals surface area (Å²) >= 11 is 5.74. The van der Waals surface area contributed by atoms with Crippen molar-refractivity contribution in [3.05, 3.63) is 28.8 Å². The van der Waals surface area contributed by atoms with E-state index in [1.54, 1.807) is 18.2 Å². The minimum absolute atomic E-state index is 0.141. The number of unbranched alkanes of at least 4 members (excludes halogenated alkanes) is 1. The molecule has 3 N–H and O–H groups in total. The summed E-state index contributed by atoms with van der Waals surface area (Å²) in [5.41, 5.74) is 6.58. The first-order chi connectivity index (χ1) is 7.15. The van der Waals surface area contributed by atoms with Crippen LogP contribution in [0.25, 0.3) is 0 Å². The van der Waals surface area contributed by atoms with Gasteiger partial charge in [0.1, 0.15) is 0 Å². The Morgan fingerprint density at radius 3 is 2.87 bits per heavy atom. The number of anilines is 1. The third kappa shape index (κ3) is 3.44. The summed E-state index contributed by atoms with van der Waals surface area (Å²) in [5.74, 6) is -0.141. The molecule has 0 bridgehead atoms. The quantitative estimate of drug-likeness (QED) is 0.612. The maximum Gasteiger partial charge on any atom is 0.253 e. The molecule has 0 spiro atoms. The first-order valence-electron chi connectivity index (χ1n) is 4.98. The fourth-order valence-corrected chi connectivity index (χ4v) is 1.39. The zero-order valence-electron chi connectivity index (χ0n) is 8.72. The number of nitrogens with two attached hydrogens (primary N) is 1. The van der Waals surface area contributed by atoms with Gasteiger partial charge in [-0.25, -0.2) is 0 Å². The molecule has 15 heavy (non-hydrogen) atoms. The van der Waals surface area contributed by atoms with Gasteiger partial charge in [-0.2, -0.15) is 0 Å². The van der Waals surface area contributed by atoms with Crippen molar-refractivity contribution in [1.29, 1.82) is 0 Å². The van der Waals surface area contributed by atoms with Gasteiger partial charge < -0.3 is 11.1 Å². The minimum atomic E-state index is -0.141. The molecule has 0 aromatic heterocycles. The summed E-state index contributed by atoms with van der Waals surface area (Å²) in [6.45, 7) is 2.75. The predicted molar refractivity (Wildman–Crippen MR) is 63.1 cm³/mol. The van der Waals surface area contributed by atoms with Crippen LogP contribution in [0.1, 0.15) is 30.1 Å². The summed E-state index contributed by atoms with van der Waals surface area (Å²) in [7, 11) is 0. The van der Waals surface area contributed by atoms with Gasteiger partial charge >= 0.3 is 0 Å². The van der Waals surface area contributed by atoms with Gasteiger partial charge in [-0.3, -0.25) is 4.79 Å². The molecule has 3 nitrogen and oxygen atoms in total. The lowest BCUT2D eigenvalue weighted by Crippen LogP contribution is -2.25. The molecule has 1 rings (SSSR count). The van der Waals surface area contributed by atoms with Crippen LogP contribution >= 0.6 is 11.6 Å². The first-order valence-corrected chi connectivity index (χ1v) is 5.36. The van der Waals surface area contributed by atoms with Crippen LogP contribution < -0.4 is 11.1 Å². The number of hydrogen-bond donors (Lipinski definition) is 2. The van der Waals surface area contributed by atoms with Crippen LogP contribution in [-0.4, -0.2) is 12.5 Å². The van der Waals surface area contributed by atoms with E-state index in [0.29, 0.717) is 22.8 Å². The SMILES string of the molecule is CCCCNC(=O)c1ccc(Cl)cc1N. The second-order valence-corrected chi connectivity index (χ2v) is 3.78. The summed E-state index contributed by atoms with van der Waals surface area (Å²) in [6.07, 6.45) is 2.02. The average Bonchev–Trinajstić information content (AvgIpc) is 2.17. The lowest BCUT2D eigenvalue weighted by molar-refractivity contribution is 0.0954. The molecule has 82 valence electrons. The molecule has 0 atom stereocenters. The molecule has 0 saturated carbocycles. The number of carbonyl (C=O) groups is 1. The molecule has 1 amide bonds. The molecule has 0 aliphatic carbocycles. The van der Waals surface area contributed by atoms with E-state index in [2.05, 4.69) is 12.2 Å². The molecule has 0 heterocycles. The van der Waals surface area contributed by atoms with Crippen molar-refractivity contribution in [3.63, 3.8) is 0 Å². The molecule has 0 aliphatic rings. The molecule has 0 aliphatic heterocycles. The highest BCUT2D eigenvalue weighted by molar-refractivity contribution is 6.31. The van der Waals surface area contributed by atoms with E-state index in [4.69, 9.17) is 17.3 Å². The lowest BCUT2D eigenvalue weighted by Gasteiger charge is -2.06. The Hall–Kier alpha value is -1.22. The van der Waals surface area contributed by atoms with Crippen LogP contribution in [0.4, 0.5) is 5.69 Å². The van der Waals surface area contributed by atoms with E-state index in [-0.39, 0.29) is 5.91 Å². The van der Waals surface area contributed by atoms with Gasteiger partial charge in [0.05, 0.1) is 5.56 Å². The highest BCUT2D eigenvalue weighted by atomic mass is 35.5. The predicted octanol–water partition coefficient (Wildman–Crippen LogP) is 2.45. The average molecular weight is 227 g/mol. The maximum absolute atomic E-state index is 11.6. The Labute approximate surface area is 94.6 Å². The second-order valence-electron chi connectivity index (χ2n) is 3.34. The van der Waals surface area contributed by atoms with Gasteiger partial charge in [0.25, 0.3) is 5.91 Å². The standard InChI is InChI=1S/C11H15ClN2O/c1-2-3-6-14-11(15)9-5-4-8(12)7-10(9)13/h4-5,7H,2-3,6,13H2,1H3,(H,14,15). The summed E-state index contributed by atoms with van der Waals surface area (Å²) in [6, 6.07) is 4.88. The summed E-state index contributed by atoms with van der Waals surface area (Å²) in [5, 5.41) is 3.34. The largest absolute Gasteiger partial charge is 0.398 e. The minimum Gasteiger partial charge on any atom is -0.398 e. The number of carbonyl (C=O) groups excluding carboxylic acids is 1. The van der Waals surface area contributed by atoms with E-state index in [0.717, 1.165) is 12.8 Å². The number of hydrogen-bond acceptors (Lipinski definition) is 2. The Bertz CT molecular complexity index is 352. The van der Waals surface area contributed by atoms with Gasteiger partial charge in [0.15, 0.2) is 0 Å². The van der Waals surface area contributed by atoms with Crippen LogP contribution in [0.5, 0.6) is 0 Å². The van der Waals surface area contributed by atoms with Crippen molar-refractivity contribution in [2.75, 3.05) is 12.3 Å². The van der Waals surface area contributed by atoms with E-state index < -0.39 is 0 Å². The molecule has 0 unspecified atom stereocenters. The number of nitrogen functional groups attached to an aromatic ring is 1. The Morgan fingerprint density at radius 1 is 1.53 bits per heavy atom. The molecular weight excluding hydrogens is 212 g/mol. The number of nitrogens with one attached hydrogen (secondary N) is 1. The molecular formula is C11H15ClN2O. The van der Waals surface area contributed by atoms with Crippen molar-refractivity contribution in [3.8, 4) is 0 Å². The number of benzene rings is 1. The molecule has 4 heteroatoms. The number of rotatable bonds is 4. The van der Waals surface area contributed by atoms with E-state index in [9.17, 15) is 4.79 Å². The van der Waals surface area contributed by atoms with Crippen molar-refractivity contribution in [2.45, 2.75) is 19.8 Å². The van der Waals surface area contributed by atoms with Crippen molar-refractivity contribution >= 4 is 23.2 Å². The molecule has 1 aromatic carbocycles. The first kappa shape index (κ1) is 11.9. The van der Waals surface area contributed by atoms with Crippen LogP contribution in [0.3, 0.4) is 0 Å². The number of amides is 1. The van der Waals surface area contributed by atoms with Crippen LogP contribution in [0, 0.1) is 0 Å². The van der Waals surface area contributed by atoms with Gasteiger partial charge in [-0.15, -0.1) is 0 Å². The van der Waals surface area contributed by atoms with E-state index in [1.165, 1.54) is 0 Å². The monoisotopic (exact) mass is 226 g/mol. The molecule has 0 fully saturated rings. The fourth-order valence-electron chi connectivity index (χ4n) is 1.21. The summed E-state index contributed by atoms with van der Waals surface area (Å²) in [4.78, 5) is 11.6. The topological polar surface area (TPSA) is 55.1 Å². The van der Waals surface area contributed by atoms with Crippen LogP contribution in [-0.2, 0) is 0 Å². The zero-order chi connectivity index (χ0) is 11.3. The fraction of sp³-hybridized carbons (Fsp3) is 0.364. The van der Waals surface area contributed by atoms with Crippen molar-refractivity contribution in [2.24, 2.45) is 0 Å². The zero-order valence-corrected chi connectivity index (χ0v) is 9.47. The molecule has 0 saturated heterocycles. The smallest absolute Gasteiger partial charge is 0.253 e. The van der Waals surface area contributed by atoms with E-state index in [1.807, 2.05) is 0 Å². The van der Waals surface area contributed by atoms with E-state index >= 15 is 0 Å². The van der Waals surface area contributed by atoms with Gasteiger partial charge in [-0.1, -0.05) is 24.9 Å². The Morgan fingerprint density at radius 2 is 2.27 bits per heavy atom. The third-order valence-corrected chi connectivity index (χ3v) is 2.31. The van der Waals surface area contributed by atoms with Crippen LogP contribution in [0.15, 0.2) is 18.2 Å². The molecule has 1 aromatic rings. The third-order valence-electron chi connectivity index (χ3n) is 2.07. The van der Waals surface area contributed by atoms with Crippen molar-refractivity contribution < 1.29 is 4.79 Å². The Kier molecular flexibility index (Phi) is 4.43.